The summed E-state index contributed by atoms with van der Waals surface area (Å²) in [5.74, 6) is 2.04. The highest BCUT2D eigenvalue weighted by Crippen LogP contribution is 2.56. The van der Waals surface area contributed by atoms with Gasteiger partial charge in [-0.15, -0.1) is 0 Å². The van der Waals surface area contributed by atoms with E-state index in [4.69, 9.17) is 18.9 Å². The number of ether oxygens (including phenoxy) is 4. The van der Waals surface area contributed by atoms with Crippen molar-refractivity contribution < 1.29 is 29.2 Å². The summed E-state index contributed by atoms with van der Waals surface area (Å²) < 4.78 is 25.8. The second-order valence-corrected chi connectivity index (χ2v) is 11.2. The van der Waals surface area contributed by atoms with Gasteiger partial charge in [-0.25, -0.2) is 0 Å². The summed E-state index contributed by atoms with van der Waals surface area (Å²) in [4.78, 5) is 0. The summed E-state index contributed by atoms with van der Waals surface area (Å²) in [6, 6.07) is 8.73. The first-order chi connectivity index (χ1) is 16.5. The van der Waals surface area contributed by atoms with Gasteiger partial charge < -0.3 is 29.2 Å². The van der Waals surface area contributed by atoms with E-state index in [1.807, 2.05) is 26.0 Å². The number of rotatable bonds is 2. The van der Waals surface area contributed by atoms with Crippen molar-refractivity contribution >= 4 is 11.3 Å². The molecule has 0 aliphatic carbocycles. The SMILES string of the molecule is CC(C)=CCc1cc2c(cc1O)Oc1cc(O)ccc1C1=C2C[C@H]2O[C@@H]3[C@H](C[C@@]2(C)O1)OC3(C)C. The van der Waals surface area contributed by atoms with Gasteiger partial charge in [-0.05, 0) is 64.8 Å². The lowest BCUT2D eigenvalue weighted by Crippen LogP contribution is -2.70. The molecule has 6 nitrogen and oxygen atoms in total. The quantitative estimate of drug-likeness (QED) is 0.511. The average Bonchev–Trinajstić information content (AvgIpc) is 2.88. The molecule has 0 radical (unpaired) electrons. The van der Waals surface area contributed by atoms with Gasteiger partial charge in [0.2, 0.25) is 0 Å². The molecule has 0 spiro atoms. The van der Waals surface area contributed by atoms with Crippen molar-refractivity contribution in [3.8, 4) is 23.0 Å². The molecular weight excluding hydrogens is 444 g/mol. The van der Waals surface area contributed by atoms with Crippen LogP contribution in [0.1, 0.15) is 64.2 Å². The molecule has 0 unspecified atom stereocenters. The smallest absolute Gasteiger partial charge is 0.142 e. The molecular formula is C29H32O6. The maximum absolute atomic E-state index is 10.8. The Morgan fingerprint density at radius 2 is 1.83 bits per heavy atom. The van der Waals surface area contributed by atoms with Crippen LogP contribution >= 0.6 is 0 Å². The Hall–Kier alpha value is -2.96. The Labute approximate surface area is 205 Å². The van der Waals surface area contributed by atoms with Crippen LogP contribution in [0, 0.1) is 0 Å². The van der Waals surface area contributed by atoms with Crippen molar-refractivity contribution in [3.63, 3.8) is 0 Å². The highest BCUT2D eigenvalue weighted by atomic mass is 16.6. The number of benzene rings is 2. The van der Waals surface area contributed by atoms with Crippen LogP contribution in [0.25, 0.3) is 11.3 Å². The molecule has 0 aromatic heterocycles. The number of phenolic OH excluding ortho intramolecular Hbond substituents is 2. The normalized spacial score (nSPS) is 29.6. The highest BCUT2D eigenvalue weighted by Gasteiger charge is 2.61. The first-order valence-electron chi connectivity index (χ1n) is 12.3. The maximum atomic E-state index is 10.8. The van der Waals surface area contributed by atoms with Gasteiger partial charge in [0.1, 0.15) is 46.6 Å². The lowest BCUT2D eigenvalue weighted by Gasteiger charge is -2.60. The summed E-state index contributed by atoms with van der Waals surface area (Å²) in [6.45, 7) is 10.3. The molecule has 4 heterocycles. The average molecular weight is 477 g/mol. The Bertz CT molecular complexity index is 1280. The summed E-state index contributed by atoms with van der Waals surface area (Å²) in [5, 5.41) is 21.0. The van der Waals surface area contributed by atoms with Crippen molar-refractivity contribution in [1.29, 1.82) is 0 Å². The lowest BCUT2D eigenvalue weighted by atomic mass is 9.74. The molecule has 2 aromatic rings. The van der Waals surface area contributed by atoms with Gasteiger partial charge in [0.05, 0.1) is 17.3 Å². The molecule has 4 aliphatic heterocycles. The zero-order valence-electron chi connectivity index (χ0n) is 20.8. The molecule has 35 heavy (non-hydrogen) atoms. The Kier molecular flexibility index (Phi) is 4.83. The third-order valence-electron chi connectivity index (χ3n) is 7.74. The zero-order chi connectivity index (χ0) is 24.7. The van der Waals surface area contributed by atoms with E-state index in [1.165, 1.54) is 5.57 Å². The summed E-state index contributed by atoms with van der Waals surface area (Å²) >= 11 is 0. The topological polar surface area (TPSA) is 77.4 Å². The third-order valence-corrected chi connectivity index (χ3v) is 7.74. The monoisotopic (exact) mass is 476 g/mol. The number of allylic oxidation sites excluding steroid dienone is 2. The van der Waals surface area contributed by atoms with E-state index in [2.05, 4.69) is 26.8 Å². The molecule has 6 heteroatoms. The fourth-order valence-corrected chi connectivity index (χ4v) is 5.85. The van der Waals surface area contributed by atoms with Crippen LogP contribution in [0.5, 0.6) is 23.0 Å². The van der Waals surface area contributed by atoms with E-state index in [9.17, 15) is 10.2 Å². The van der Waals surface area contributed by atoms with Crippen LogP contribution in [-0.4, -0.2) is 39.7 Å². The van der Waals surface area contributed by atoms with Crippen molar-refractivity contribution in [1.82, 2.24) is 0 Å². The predicted molar refractivity (Wildman–Crippen MR) is 133 cm³/mol. The molecule has 2 N–H and O–H groups in total. The molecule has 2 saturated heterocycles. The van der Waals surface area contributed by atoms with Crippen molar-refractivity contribution in [2.24, 2.45) is 0 Å². The van der Waals surface area contributed by atoms with Crippen LogP contribution in [0.2, 0.25) is 0 Å². The van der Waals surface area contributed by atoms with E-state index < -0.39 is 5.60 Å². The van der Waals surface area contributed by atoms with Crippen molar-refractivity contribution in [2.75, 3.05) is 0 Å². The second-order valence-electron chi connectivity index (χ2n) is 11.2. The predicted octanol–water partition coefficient (Wildman–Crippen LogP) is 6.09. The lowest BCUT2D eigenvalue weighted by molar-refractivity contribution is -0.351. The Morgan fingerprint density at radius 1 is 1.06 bits per heavy atom. The minimum absolute atomic E-state index is 0.00891. The first kappa shape index (κ1) is 22.5. The maximum Gasteiger partial charge on any atom is 0.142 e. The van der Waals surface area contributed by atoms with Crippen LogP contribution in [0.15, 0.2) is 42.0 Å². The minimum Gasteiger partial charge on any atom is -0.508 e. The number of aromatic hydroxyl groups is 2. The van der Waals surface area contributed by atoms with Gasteiger partial charge in [0.25, 0.3) is 0 Å². The number of hydrogen-bond donors (Lipinski definition) is 2. The van der Waals surface area contributed by atoms with Crippen LogP contribution in [0.3, 0.4) is 0 Å². The fraction of sp³-hybridized carbons (Fsp3) is 0.448. The molecule has 6 rings (SSSR count). The standard InChI is InChI=1S/C29H32O6/c1-15(2)6-7-16-10-19-20-12-25-29(5,14-24-27(33-25)28(3,4)34-24)35-26(20)18-9-8-17(30)11-22(18)32-23(19)13-21(16)31/h6,8-11,13,24-25,27,30-31H,7,12,14H2,1-5H3/t24-,25+,27+,29+/m0/s1. The van der Waals surface area contributed by atoms with E-state index in [1.54, 1.807) is 18.2 Å². The number of hydrogen-bond acceptors (Lipinski definition) is 6. The molecule has 0 amide bonds. The van der Waals surface area contributed by atoms with Gasteiger partial charge in [0.15, 0.2) is 0 Å². The van der Waals surface area contributed by atoms with Crippen molar-refractivity contribution in [2.45, 2.75) is 83.4 Å². The van der Waals surface area contributed by atoms with Crippen LogP contribution in [0.4, 0.5) is 0 Å². The molecule has 4 atom stereocenters. The minimum atomic E-state index is -0.558. The van der Waals surface area contributed by atoms with Crippen LogP contribution < -0.4 is 4.74 Å². The number of phenols is 2. The molecule has 2 aromatic carbocycles. The largest absolute Gasteiger partial charge is 0.508 e. The van der Waals surface area contributed by atoms with Crippen LogP contribution in [-0.2, 0) is 20.6 Å². The third kappa shape index (κ3) is 3.54. The second kappa shape index (κ2) is 7.52. The van der Waals surface area contributed by atoms with Gasteiger partial charge in [-0.2, -0.15) is 0 Å². The molecule has 4 aliphatic rings. The highest BCUT2D eigenvalue weighted by molar-refractivity contribution is 5.94. The van der Waals surface area contributed by atoms with Gasteiger partial charge >= 0.3 is 0 Å². The molecule has 0 saturated carbocycles. The van der Waals surface area contributed by atoms with Gasteiger partial charge in [-0.1, -0.05) is 11.6 Å². The van der Waals surface area contributed by atoms with Gasteiger partial charge in [-0.3, -0.25) is 0 Å². The first-order valence-corrected chi connectivity index (χ1v) is 12.3. The molecule has 0 bridgehead atoms. The summed E-state index contributed by atoms with van der Waals surface area (Å²) in [6.07, 6.45) is 4.00. The van der Waals surface area contributed by atoms with E-state index >= 15 is 0 Å². The molecule has 184 valence electrons. The Morgan fingerprint density at radius 3 is 2.57 bits per heavy atom. The van der Waals surface area contributed by atoms with Gasteiger partial charge in [0, 0.05) is 36.1 Å². The van der Waals surface area contributed by atoms with Crippen molar-refractivity contribution in [3.05, 3.63) is 58.7 Å². The number of fused-ring (bicyclic) bond motifs is 6. The summed E-state index contributed by atoms with van der Waals surface area (Å²) in [5.41, 5.74) is 3.78. The van der Waals surface area contributed by atoms with E-state index in [0.29, 0.717) is 24.3 Å². The zero-order valence-corrected chi connectivity index (χ0v) is 20.8. The Balaban J connectivity index is 1.51. The summed E-state index contributed by atoms with van der Waals surface area (Å²) in [7, 11) is 0. The fourth-order valence-electron chi connectivity index (χ4n) is 5.85. The van der Waals surface area contributed by atoms with E-state index in [0.717, 1.165) is 34.4 Å². The van der Waals surface area contributed by atoms with E-state index in [-0.39, 0.29) is 35.4 Å². The molecule has 2 fully saturated rings.